The van der Waals surface area contributed by atoms with Gasteiger partial charge in [-0.15, -0.1) is 0 Å². The molecular weight excluding hydrogens is 228 g/mol. The smallest absolute Gasteiger partial charge is 0.193 e. The summed E-state index contributed by atoms with van der Waals surface area (Å²) in [5.74, 6) is -9.80. The van der Waals surface area contributed by atoms with E-state index >= 15 is 0 Å². The Morgan fingerprint density at radius 2 is 0.938 bits per heavy atom. The molecule has 0 amide bonds. The third kappa shape index (κ3) is 5.21. The zero-order valence-electron chi connectivity index (χ0n) is 7.46. The summed E-state index contributed by atoms with van der Waals surface area (Å²) in [5, 5.41) is 30.3. The number of halogens is 4. The molecule has 0 aromatic rings. The first-order valence-corrected chi connectivity index (χ1v) is 3.31. The van der Waals surface area contributed by atoms with Gasteiger partial charge >= 0.3 is 11.8 Å². The lowest BCUT2D eigenvalue weighted by Crippen LogP contribution is -2.37. The highest BCUT2D eigenvalue weighted by Gasteiger charge is 2.57. The molecule has 0 heterocycles. The third-order valence-corrected chi connectivity index (χ3v) is 0.908. The normalized spacial score (nSPS) is 10.0. The van der Waals surface area contributed by atoms with Gasteiger partial charge in [-0.05, 0) is 0 Å². The second kappa shape index (κ2) is 6.81. The van der Waals surface area contributed by atoms with E-state index < -0.39 is 11.8 Å². The van der Waals surface area contributed by atoms with Crippen molar-refractivity contribution in [1.29, 1.82) is 21.0 Å². The summed E-state index contributed by atoms with van der Waals surface area (Å²) in [5.41, 5.74) is 0. The van der Waals surface area contributed by atoms with Gasteiger partial charge in [0, 0.05) is 12.2 Å². The van der Waals surface area contributed by atoms with E-state index in [0.29, 0.717) is 0 Å². The summed E-state index contributed by atoms with van der Waals surface area (Å²) >= 11 is 0. The molecule has 0 aromatic carbocycles. The average molecular weight is 230 g/mol. The van der Waals surface area contributed by atoms with Crippen molar-refractivity contribution in [3.8, 4) is 24.3 Å². The molecule has 16 heavy (non-hydrogen) atoms. The number of hydrogen-bond acceptors (Lipinski definition) is 4. The van der Waals surface area contributed by atoms with Gasteiger partial charge in [-0.25, -0.2) is 0 Å². The van der Waals surface area contributed by atoms with E-state index in [4.69, 9.17) is 21.0 Å². The van der Waals surface area contributed by atoms with Crippen LogP contribution < -0.4 is 0 Å². The Morgan fingerprint density at radius 3 is 1.06 bits per heavy atom. The van der Waals surface area contributed by atoms with E-state index in [1.807, 2.05) is 0 Å². The number of nitriles is 4. The maximum absolute atomic E-state index is 11.6. The van der Waals surface area contributed by atoms with E-state index in [2.05, 4.69) is 0 Å². The molecule has 0 N–H and O–H groups in total. The summed E-state index contributed by atoms with van der Waals surface area (Å²) in [6.07, 6.45) is 2.25. The van der Waals surface area contributed by atoms with Gasteiger partial charge in [0.25, 0.3) is 0 Å². The highest BCUT2D eigenvalue weighted by atomic mass is 19.3. The fourth-order valence-corrected chi connectivity index (χ4v) is 0.215. The van der Waals surface area contributed by atoms with Gasteiger partial charge in [0.2, 0.25) is 0 Å². The first-order valence-electron chi connectivity index (χ1n) is 3.31. The molecule has 0 atom stereocenters. The highest BCUT2D eigenvalue weighted by Crippen LogP contribution is 2.32. The van der Waals surface area contributed by atoms with Gasteiger partial charge in [0.15, 0.2) is 0 Å². The molecule has 0 spiro atoms. The predicted molar refractivity (Wildman–Crippen MR) is 41.5 cm³/mol. The molecule has 0 unspecified atom stereocenters. The van der Waals surface area contributed by atoms with Crippen LogP contribution in [0.25, 0.3) is 0 Å². The molecule has 4 nitrogen and oxygen atoms in total. The SMILES string of the molecule is N#C/C=C\C#N.N#CC(F)(F)C(F)(F)C#N. The van der Waals surface area contributed by atoms with Crippen molar-refractivity contribution in [2.24, 2.45) is 0 Å². The molecule has 0 aromatic heterocycles. The predicted octanol–water partition coefficient (Wildman–Crippen LogP) is 1.89. The fraction of sp³-hybridized carbons (Fsp3) is 0.250. The monoisotopic (exact) mass is 230 g/mol. The molecule has 0 fully saturated rings. The zero-order chi connectivity index (χ0) is 13.2. The topological polar surface area (TPSA) is 95.2 Å². The van der Waals surface area contributed by atoms with Gasteiger partial charge in [0.05, 0.1) is 12.1 Å². The van der Waals surface area contributed by atoms with Crippen molar-refractivity contribution in [3.05, 3.63) is 12.2 Å². The number of nitrogens with zero attached hydrogens (tertiary/aromatic N) is 4. The van der Waals surface area contributed by atoms with Crippen LogP contribution in [0.4, 0.5) is 17.6 Å². The Kier molecular flexibility index (Phi) is 6.76. The fourth-order valence-electron chi connectivity index (χ4n) is 0.215. The molecule has 0 saturated heterocycles. The minimum Gasteiger partial charge on any atom is -0.193 e. The lowest BCUT2D eigenvalue weighted by Gasteiger charge is -2.11. The lowest BCUT2D eigenvalue weighted by atomic mass is 10.2. The quantitative estimate of drug-likeness (QED) is 0.507. The number of allylic oxidation sites excluding steroid dienone is 2. The van der Waals surface area contributed by atoms with Crippen molar-refractivity contribution >= 4 is 0 Å². The Balaban J connectivity index is 0. The minimum atomic E-state index is -4.90. The van der Waals surface area contributed by atoms with Crippen molar-refractivity contribution in [3.63, 3.8) is 0 Å². The van der Waals surface area contributed by atoms with Gasteiger partial charge < -0.3 is 0 Å². The van der Waals surface area contributed by atoms with E-state index in [-0.39, 0.29) is 12.1 Å². The van der Waals surface area contributed by atoms with E-state index in [9.17, 15) is 17.6 Å². The zero-order valence-corrected chi connectivity index (χ0v) is 7.46. The Hall–Kier alpha value is -2.58. The van der Waals surface area contributed by atoms with Crippen molar-refractivity contribution in [2.75, 3.05) is 0 Å². The van der Waals surface area contributed by atoms with E-state index in [1.165, 1.54) is 0 Å². The van der Waals surface area contributed by atoms with Crippen LogP contribution in [0.15, 0.2) is 12.2 Å². The first-order chi connectivity index (χ1) is 7.29. The van der Waals surface area contributed by atoms with Crippen LogP contribution in [0, 0.1) is 45.3 Å². The molecule has 0 rings (SSSR count). The second-order valence-electron chi connectivity index (χ2n) is 1.96. The lowest BCUT2D eigenvalue weighted by molar-refractivity contribution is -0.135. The largest absolute Gasteiger partial charge is 0.407 e. The number of rotatable bonds is 1. The van der Waals surface area contributed by atoms with Crippen LogP contribution in [0.1, 0.15) is 0 Å². The van der Waals surface area contributed by atoms with Crippen LogP contribution in [0.3, 0.4) is 0 Å². The Labute approximate surface area is 87.8 Å². The standard InChI is InChI=1S/C4F4N2.C4H2N2/c5-3(6,1-9)4(7,8)2-10;5-3-1-2-4-6/h;1-2H/b;2-1-. The Bertz CT molecular complexity index is 373. The van der Waals surface area contributed by atoms with Crippen molar-refractivity contribution in [1.82, 2.24) is 0 Å². The highest BCUT2D eigenvalue weighted by molar-refractivity contribution is 5.12. The minimum absolute atomic E-state index is 0.0267. The molecule has 82 valence electrons. The number of alkyl halides is 4. The van der Waals surface area contributed by atoms with Crippen LogP contribution in [-0.2, 0) is 0 Å². The summed E-state index contributed by atoms with van der Waals surface area (Å²) < 4.78 is 46.4. The molecule has 0 saturated carbocycles. The van der Waals surface area contributed by atoms with Crippen LogP contribution in [0.5, 0.6) is 0 Å². The second-order valence-corrected chi connectivity index (χ2v) is 1.96. The van der Waals surface area contributed by atoms with Crippen molar-refractivity contribution < 1.29 is 17.6 Å². The molecule has 0 aliphatic rings. The average Bonchev–Trinajstić information content (AvgIpc) is 2.26. The summed E-state index contributed by atoms with van der Waals surface area (Å²) in [7, 11) is 0. The Morgan fingerprint density at radius 1 is 0.688 bits per heavy atom. The number of hydrogen-bond donors (Lipinski definition) is 0. The van der Waals surface area contributed by atoms with E-state index in [1.54, 1.807) is 12.1 Å². The van der Waals surface area contributed by atoms with Crippen molar-refractivity contribution in [2.45, 2.75) is 11.8 Å². The molecular formula is C8H2F4N4. The van der Waals surface area contributed by atoms with Crippen LogP contribution >= 0.6 is 0 Å². The molecule has 0 aliphatic carbocycles. The van der Waals surface area contributed by atoms with Crippen LogP contribution in [0.2, 0.25) is 0 Å². The maximum Gasteiger partial charge on any atom is 0.407 e. The van der Waals surface area contributed by atoms with Crippen LogP contribution in [-0.4, -0.2) is 11.8 Å². The molecule has 0 radical (unpaired) electrons. The van der Waals surface area contributed by atoms with E-state index in [0.717, 1.165) is 12.2 Å². The van der Waals surface area contributed by atoms with Gasteiger partial charge in [-0.3, -0.25) is 0 Å². The summed E-state index contributed by atoms with van der Waals surface area (Å²) in [6.45, 7) is 0. The first kappa shape index (κ1) is 15.9. The molecule has 0 aliphatic heterocycles. The summed E-state index contributed by atoms with van der Waals surface area (Å²) in [6, 6.07) is 3.38. The maximum atomic E-state index is 11.6. The van der Waals surface area contributed by atoms with Gasteiger partial charge in [-0.1, -0.05) is 0 Å². The van der Waals surface area contributed by atoms with Gasteiger partial charge in [-0.2, -0.15) is 38.6 Å². The third-order valence-electron chi connectivity index (χ3n) is 0.908. The van der Waals surface area contributed by atoms with Gasteiger partial charge in [0.1, 0.15) is 12.1 Å². The molecule has 8 heteroatoms. The summed E-state index contributed by atoms with van der Waals surface area (Å²) in [4.78, 5) is 0. The molecule has 0 bridgehead atoms.